The molecule has 1 aliphatic rings. The van der Waals surface area contributed by atoms with E-state index in [1.807, 2.05) is 0 Å². The predicted molar refractivity (Wildman–Crippen MR) is 115 cm³/mol. The minimum atomic E-state index is -5.82. The number of piperazine rings is 1. The molecule has 1 aliphatic heterocycles. The second kappa shape index (κ2) is 10.9. The number of hydrogen-bond donors (Lipinski definition) is 2. The summed E-state index contributed by atoms with van der Waals surface area (Å²) >= 11 is 0. The van der Waals surface area contributed by atoms with Crippen LogP contribution in [0.1, 0.15) is 59.4 Å². The second-order valence-electron chi connectivity index (χ2n) is 5.55. The lowest BCUT2D eigenvalue weighted by molar-refractivity contribution is -0.114. The quantitative estimate of drug-likeness (QED) is 0.573. The van der Waals surface area contributed by atoms with E-state index in [0.717, 1.165) is 4.90 Å². The lowest BCUT2D eigenvalue weighted by Gasteiger charge is -2.36. The first-order chi connectivity index (χ1) is 22.1. The molecule has 0 saturated carbocycles. The van der Waals surface area contributed by atoms with Crippen LogP contribution >= 0.6 is 0 Å². The van der Waals surface area contributed by atoms with E-state index in [1.165, 1.54) is 0 Å². The lowest BCUT2D eigenvalue weighted by Crippen LogP contribution is -2.46. The standard InChI is InChI=1S/C20H33FN4O3S/c1-16(2)15-29(27,28)22-6-4-5-7-24-8-10-25(11-9-24)20-13-18(21)12-19(14-20)23-17(3)26/h12-14,16,22H,4-11,15H2,1-3H3,(H,23,26)/i1D3,2D3,3D3,7D2,10D,11D,12D,13D,14D,15D2,16D/hD2. The Morgan fingerprint density at radius 1 is 1.41 bits per heavy atom. The fourth-order valence-electron chi connectivity index (χ4n) is 2.20. The van der Waals surface area contributed by atoms with Crippen molar-refractivity contribution in [2.75, 3.05) is 55.1 Å². The number of sulfonamides is 1. The zero-order valence-electron chi connectivity index (χ0n) is 36.0. The fraction of sp³-hybridized carbons (Fsp3) is 0.650. The number of nitrogens with one attached hydrogen (secondary N) is 2. The fourth-order valence-corrected chi connectivity index (χ4v) is 2.89. The smallest absolute Gasteiger partial charge is 0.221 e. The maximum absolute atomic E-state index is 15.0. The molecule has 2 N–H and O–H groups in total. The molecule has 0 spiro atoms. The topological polar surface area (TPSA) is 81.8 Å². The number of benzene rings is 1. The molecule has 1 saturated heterocycles. The van der Waals surface area contributed by atoms with Gasteiger partial charge in [-0.05, 0) is 43.4 Å². The van der Waals surface area contributed by atoms with E-state index < -0.39 is 145 Å². The third-order valence-corrected chi connectivity index (χ3v) is 4.31. The van der Waals surface area contributed by atoms with Crippen molar-refractivity contribution in [3.63, 3.8) is 0 Å². The second-order valence-corrected chi connectivity index (χ2v) is 6.96. The Morgan fingerprint density at radius 2 is 2.17 bits per heavy atom. The minimum Gasteiger partial charge on any atom is -0.369 e. The molecular weight excluding hydrogens is 395 g/mol. The lowest BCUT2D eigenvalue weighted by atomic mass is 10.2. The molecule has 1 aromatic carbocycles. The number of amides is 1. The normalized spacial score (nSPS) is 34.1. The Morgan fingerprint density at radius 3 is 2.86 bits per heavy atom. The van der Waals surface area contributed by atoms with E-state index in [-0.39, 0.29) is 0 Å². The molecule has 1 aromatic rings. The highest BCUT2D eigenvalue weighted by Gasteiger charge is 2.18. The zero-order chi connectivity index (χ0) is 39.5. The van der Waals surface area contributed by atoms with Crippen LogP contribution in [0.25, 0.3) is 0 Å². The first-order valence-electron chi connectivity index (χ1n) is 18.7. The van der Waals surface area contributed by atoms with Gasteiger partial charge >= 0.3 is 0 Å². The summed E-state index contributed by atoms with van der Waals surface area (Å²) in [4.78, 5) is 13.7. The van der Waals surface area contributed by atoms with Crippen molar-refractivity contribution in [1.82, 2.24) is 9.62 Å². The Kier molecular flexibility index (Phi) is 2.92. The molecule has 164 valence electrons. The van der Waals surface area contributed by atoms with Gasteiger partial charge in [-0.2, -0.15) is 0 Å². The molecule has 0 bridgehead atoms. The molecule has 2 atom stereocenters. The van der Waals surface area contributed by atoms with Crippen molar-refractivity contribution >= 4 is 27.3 Å². The maximum Gasteiger partial charge on any atom is 0.221 e. The van der Waals surface area contributed by atoms with Crippen LogP contribution in [0.5, 0.6) is 0 Å². The van der Waals surface area contributed by atoms with Crippen molar-refractivity contribution < 1.29 is 46.5 Å². The largest absolute Gasteiger partial charge is 0.369 e. The number of rotatable bonds is 10. The van der Waals surface area contributed by atoms with Crippen LogP contribution in [0, 0.1) is 11.7 Å². The first-order valence-corrected chi connectivity index (χ1v) is 9.58. The average Bonchev–Trinajstić information content (AvgIpc) is 2.94. The van der Waals surface area contributed by atoms with Crippen molar-refractivity contribution in [3.05, 3.63) is 23.9 Å². The highest BCUT2D eigenvalue weighted by Crippen LogP contribution is 2.23. The Balaban J connectivity index is 2.33. The van der Waals surface area contributed by atoms with Gasteiger partial charge in [-0.3, -0.25) is 9.69 Å². The van der Waals surface area contributed by atoms with Crippen LogP contribution in [0.2, 0.25) is 2.82 Å². The Bertz CT molecular complexity index is 1530. The molecule has 1 amide bonds. The number of carbonyl (C=O) groups is 1. The van der Waals surface area contributed by atoms with Crippen LogP contribution in [0.4, 0.5) is 15.8 Å². The molecule has 2 rings (SSSR count). The van der Waals surface area contributed by atoms with Gasteiger partial charge in [-0.15, -0.1) is 0 Å². The summed E-state index contributed by atoms with van der Waals surface area (Å²) in [5.41, 5.74) is -6.42. The third kappa shape index (κ3) is 8.67. The van der Waals surface area contributed by atoms with E-state index >= 15 is 0 Å². The van der Waals surface area contributed by atoms with E-state index in [0.29, 0.717) is 4.90 Å². The first kappa shape index (κ1) is 7.76. The van der Waals surface area contributed by atoms with Gasteiger partial charge in [0.05, 0.1) is 12.6 Å². The third-order valence-electron chi connectivity index (χ3n) is 3.32. The monoisotopic (exact) mass is 449 g/mol. The Hall–Kier alpha value is -1.71. The van der Waals surface area contributed by atoms with E-state index in [9.17, 15) is 17.6 Å². The van der Waals surface area contributed by atoms with Crippen LogP contribution in [0.15, 0.2) is 18.1 Å². The van der Waals surface area contributed by atoms with Crippen molar-refractivity contribution in [2.24, 2.45) is 5.89 Å². The van der Waals surface area contributed by atoms with E-state index in [4.69, 9.17) is 28.9 Å². The molecular formula is C20H33FN4O3S. The summed E-state index contributed by atoms with van der Waals surface area (Å²) in [5.74, 6) is -7.87. The van der Waals surface area contributed by atoms with Crippen molar-refractivity contribution in [3.8, 4) is 0 Å². The van der Waals surface area contributed by atoms with Crippen molar-refractivity contribution in [2.45, 2.75) is 33.4 Å². The van der Waals surface area contributed by atoms with Crippen LogP contribution in [-0.4, -0.2) is 64.1 Å². The molecule has 1 fully saturated rings. The van der Waals surface area contributed by atoms with Crippen molar-refractivity contribution in [1.29, 1.82) is 0 Å². The molecule has 7 nitrogen and oxygen atoms in total. The van der Waals surface area contributed by atoms with Gasteiger partial charge < -0.3 is 10.2 Å². The van der Waals surface area contributed by atoms with Crippen LogP contribution in [-0.2, 0) is 14.8 Å². The average molecular weight is 450 g/mol. The molecule has 29 heavy (non-hydrogen) atoms. The summed E-state index contributed by atoms with van der Waals surface area (Å²) in [6, 6.07) is -3.65. The SMILES string of the molecule is [2H]c1c(F)c([2H])c(N2C([2H])CN(C([2H])([2H])CCCN([2H])S(=O)(=O)C([2H])([2H])C([2H])(C([2H])([2H])[2H])C([2H])([2H])[2H])CC2[2H])c([2H])c1N([2H])C(=O)C([2H])([2H])[2H]. The number of halogens is 1. The molecule has 2 unspecified atom stereocenters. The van der Waals surface area contributed by atoms with Crippen LogP contribution in [0.3, 0.4) is 0 Å². The van der Waals surface area contributed by atoms with Gasteiger partial charge in [0.2, 0.25) is 15.9 Å². The Labute approximate surface area is 203 Å². The molecule has 9 heteroatoms. The summed E-state index contributed by atoms with van der Waals surface area (Å²) in [6.07, 6.45) is -1.29. The molecule has 0 radical (unpaired) electrons. The van der Waals surface area contributed by atoms with Gasteiger partial charge in [0.25, 0.3) is 0 Å². The highest BCUT2D eigenvalue weighted by molar-refractivity contribution is 7.89. The zero-order valence-corrected chi connectivity index (χ0v) is 15.8. The van der Waals surface area contributed by atoms with E-state index in [2.05, 4.69) is 0 Å². The van der Waals surface area contributed by atoms with Gasteiger partial charge in [-0.1, -0.05) is 13.7 Å². The number of nitrogens with zero attached hydrogens (tertiary/aromatic N) is 2. The highest BCUT2D eigenvalue weighted by atomic mass is 32.2. The molecule has 0 aliphatic carbocycles. The van der Waals surface area contributed by atoms with Gasteiger partial charge in [0, 0.05) is 70.1 Å². The van der Waals surface area contributed by atoms with Crippen LogP contribution < -0.4 is 14.9 Å². The van der Waals surface area contributed by atoms with E-state index in [1.54, 1.807) is 0 Å². The minimum absolute atomic E-state index is 0.423. The number of hydrogen-bond acceptors (Lipinski definition) is 5. The van der Waals surface area contributed by atoms with Gasteiger partial charge in [-0.25, -0.2) is 17.5 Å². The molecule has 0 aromatic heterocycles. The summed E-state index contributed by atoms with van der Waals surface area (Å²) in [7, 11) is -5.82. The maximum atomic E-state index is 15.0. The molecule has 1 heterocycles. The van der Waals surface area contributed by atoms with Gasteiger partial charge in [0.1, 0.15) is 7.23 Å². The summed E-state index contributed by atoms with van der Waals surface area (Å²) in [6.45, 7) is -19.9. The number of carbonyl (C=O) groups excluding carboxylic acids is 1. The van der Waals surface area contributed by atoms with Gasteiger partial charge in [0.15, 0.2) is 1.41 Å². The summed E-state index contributed by atoms with van der Waals surface area (Å²) < 4.78 is 204. The number of anilines is 2. The summed E-state index contributed by atoms with van der Waals surface area (Å²) in [5, 5.41) is -0.423. The predicted octanol–water partition coefficient (Wildman–Crippen LogP) is 2.26.